The van der Waals surface area contributed by atoms with Crippen LogP contribution in [0.5, 0.6) is 0 Å². The molecule has 1 heterocycles. The number of urea groups is 1. The Morgan fingerprint density at radius 3 is 2.44 bits per heavy atom. The topological polar surface area (TPSA) is 69.7 Å². The van der Waals surface area contributed by atoms with Crippen LogP contribution >= 0.6 is 0 Å². The summed E-state index contributed by atoms with van der Waals surface area (Å²) in [4.78, 5) is 14.4. The molecule has 0 saturated carbocycles. The fourth-order valence-electron chi connectivity index (χ4n) is 3.83. The molecule has 1 N–H and O–H groups in total. The van der Waals surface area contributed by atoms with Gasteiger partial charge in [-0.3, -0.25) is 0 Å². The van der Waals surface area contributed by atoms with Gasteiger partial charge in [0.25, 0.3) is 0 Å². The van der Waals surface area contributed by atoms with E-state index >= 15 is 0 Å². The monoisotopic (exact) mass is 365 g/mol. The Labute approximate surface area is 150 Å². The molecule has 1 saturated heterocycles. The Kier molecular flexibility index (Phi) is 4.81. The molecule has 1 aromatic carbocycles. The quantitative estimate of drug-likeness (QED) is 0.872. The molecule has 1 aliphatic heterocycles. The van der Waals surface area contributed by atoms with Crippen molar-refractivity contribution in [3.63, 3.8) is 0 Å². The van der Waals surface area contributed by atoms with Crippen LogP contribution in [0, 0.1) is 0 Å². The van der Waals surface area contributed by atoms with E-state index in [0.29, 0.717) is 26.2 Å². The number of piperazine rings is 1. The highest BCUT2D eigenvalue weighted by Crippen LogP contribution is 2.41. The summed E-state index contributed by atoms with van der Waals surface area (Å²) < 4.78 is 24.6. The second-order valence-corrected chi connectivity index (χ2v) is 9.64. The van der Waals surface area contributed by atoms with Crippen molar-refractivity contribution in [2.75, 3.05) is 32.4 Å². The highest BCUT2D eigenvalue weighted by atomic mass is 32.2. The van der Waals surface area contributed by atoms with Crippen LogP contribution in [-0.4, -0.2) is 56.1 Å². The molecule has 2 aliphatic rings. The summed E-state index contributed by atoms with van der Waals surface area (Å²) in [6.07, 6.45) is 3.15. The van der Waals surface area contributed by atoms with Crippen LogP contribution in [0.3, 0.4) is 0 Å². The zero-order valence-corrected chi connectivity index (χ0v) is 16.0. The zero-order chi connectivity index (χ0) is 18.2. The maximum Gasteiger partial charge on any atom is 0.317 e. The van der Waals surface area contributed by atoms with E-state index < -0.39 is 10.0 Å². The molecule has 3 rings (SSSR count). The largest absolute Gasteiger partial charge is 0.331 e. The Bertz CT molecular complexity index is 753. The Morgan fingerprint density at radius 2 is 1.80 bits per heavy atom. The van der Waals surface area contributed by atoms with Gasteiger partial charge in [-0.2, -0.15) is 4.31 Å². The molecule has 1 fully saturated rings. The maximum absolute atomic E-state index is 12.6. The SMILES string of the molecule is CC1(C)CCC(NC(=O)N2CCN(S(C)(=O)=O)CC2)c2ccccc21. The fourth-order valence-corrected chi connectivity index (χ4v) is 4.65. The molecule has 0 radical (unpaired) electrons. The Balaban J connectivity index is 1.67. The third-order valence-corrected chi connectivity index (χ3v) is 6.72. The van der Waals surface area contributed by atoms with Crippen LogP contribution < -0.4 is 5.32 Å². The Hall–Kier alpha value is -1.60. The van der Waals surface area contributed by atoms with Crippen molar-refractivity contribution in [3.05, 3.63) is 35.4 Å². The number of nitrogens with one attached hydrogen (secondary N) is 1. The van der Waals surface area contributed by atoms with Gasteiger partial charge in [-0.1, -0.05) is 38.1 Å². The van der Waals surface area contributed by atoms with E-state index in [2.05, 4.69) is 37.4 Å². The normalized spacial score (nSPS) is 23.8. The standard InChI is InChI=1S/C18H27N3O3S/c1-18(2)9-8-16(14-6-4-5-7-15(14)18)19-17(22)20-10-12-21(13-11-20)25(3,23)24/h4-7,16H,8-13H2,1-3H3,(H,19,22). The lowest BCUT2D eigenvalue weighted by atomic mass is 9.71. The molecular formula is C18H27N3O3S. The molecule has 2 amide bonds. The summed E-state index contributed by atoms with van der Waals surface area (Å²) in [6.45, 7) is 6.07. The van der Waals surface area contributed by atoms with Gasteiger partial charge in [0, 0.05) is 26.2 Å². The number of benzene rings is 1. The number of hydrogen-bond donors (Lipinski definition) is 1. The van der Waals surface area contributed by atoms with Crippen molar-refractivity contribution in [3.8, 4) is 0 Å². The van der Waals surface area contributed by atoms with Crippen LogP contribution in [0.15, 0.2) is 24.3 Å². The van der Waals surface area contributed by atoms with Crippen molar-refractivity contribution < 1.29 is 13.2 Å². The maximum atomic E-state index is 12.6. The van der Waals surface area contributed by atoms with Gasteiger partial charge in [-0.15, -0.1) is 0 Å². The summed E-state index contributed by atoms with van der Waals surface area (Å²) >= 11 is 0. The number of sulfonamides is 1. The van der Waals surface area contributed by atoms with E-state index in [1.54, 1.807) is 4.90 Å². The van der Waals surface area contributed by atoms with Crippen molar-refractivity contribution in [1.29, 1.82) is 0 Å². The molecular weight excluding hydrogens is 338 g/mol. The summed E-state index contributed by atoms with van der Waals surface area (Å²) in [5.74, 6) is 0. The van der Waals surface area contributed by atoms with E-state index in [4.69, 9.17) is 0 Å². The second-order valence-electron chi connectivity index (χ2n) is 7.66. The molecule has 0 spiro atoms. The minimum atomic E-state index is -3.18. The smallest absolute Gasteiger partial charge is 0.317 e. The summed E-state index contributed by atoms with van der Waals surface area (Å²) in [5.41, 5.74) is 2.62. The van der Waals surface area contributed by atoms with Crippen molar-refractivity contribution in [2.24, 2.45) is 0 Å². The van der Waals surface area contributed by atoms with E-state index in [9.17, 15) is 13.2 Å². The van der Waals surface area contributed by atoms with Crippen LogP contribution in [0.2, 0.25) is 0 Å². The van der Waals surface area contributed by atoms with Gasteiger partial charge in [0.15, 0.2) is 0 Å². The number of carbonyl (C=O) groups excluding carboxylic acids is 1. The zero-order valence-electron chi connectivity index (χ0n) is 15.2. The molecule has 6 nitrogen and oxygen atoms in total. The molecule has 7 heteroatoms. The van der Waals surface area contributed by atoms with E-state index in [1.807, 2.05) is 6.07 Å². The molecule has 25 heavy (non-hydrogen) atoms. The van der Waals surface area contributed by atoms with Crippen LogP contribution in [0.25, 0.3) is 0 Å². The first-order valence-corrected chi connectivity index (χ1v) is 10.6. The van der Waals surface area contributed by atoms with Crippen molar-refractivity contribution in [2.45, 2.75) is 38.1 Å². The minimum absolute atomic E-state index is 0.0182. The summed E-state index contributed by atoms with van der Waals surface area (Å²) in [7, 11) is -3.18. The van der Waals surface area contributed by atoms with Gasteiger partial charge in [0.1, 0.15) is 0 Å². The highest BCUT2D eigenvalue weighted by molar-refractivity contribution is 7.88. The molecule has 1 unspecified atom stereocenters. The minimum Gasteiger partial charge on any atom is -0.331 e. The molecule has 1 aromatic rings. The van der Waals surface area contributed by atoms with Crippen molar-refractivity contribution in [1.82, 2.24) is 14.5 Å². The van der Waals surface area contributed by atoms with Crippen LogP contribution in [0.4, 0.5) is 4.79 Å². The fraction of sp³-hybridized carbons (Fsp3) is 0.611. The van der Waals surface area contributed by atoms with Gasteiger partial charge in [0.05, 0.1) is 12.3 Å². The third-order valence-electron chi connectivity index (χ3n) is 5.42. The van der Waals surface area contributed by atoms with E-state index in [0.717, 1.165) is 12.8 Å². The van der Waals surface area contributed by atoms with Gasteiger partial charge >= 0.3 is 6.03 Å². The number of fused-ring (bicyclic) bond motifs is 1. The predicted octanol–water partition coefficient (Wildman–Crippen LogP) is 2.09. The summed E-state index contributed by atoms with van der Waals surface area (Å²) in [5, 5.41) is 3.16. The average Bonchev–Trinajstić information content (AvgIpc) is 2.57. The third kappa shape index (κ3) is 3.82. The highest BCUT2D eigenvalue weighted by Gasteiger charge is 2.34. The molecule has 138 valence electrons. The lowest BCUT2D eigenvalue weighted by Gasteiger charge is -2.39. The second kappa shape index (κ2) is 6.61. The molecule has 0 bridgehead atoms. The molecule has 1 atom stereocenters. The molecule has 1 aliphatic carbocycles. The van der Waals surface area contributed by atoms with E-state index in [1.165, 1.54) is 21.7 Å². The van der Waals surface area contributed by atoms with E-state index in [-0.39, 0.29) is 17.5 Å². The van der Waals surface area contributed by atoms with Gasteiger partial charge in [0.2, 0.25) is 10.0 Å². The van der Waals surface area contributed by atoms with Gasteiger partial charge in [-0.25, -0.2) is 13.2 Å². The first-order valence-electron chi connectivity index (χ1n) is 8.78. The number of hydrogen-bond acceptors (Lipinski definition) is 3. The lowest BCUT2D eigenvalue weighted by molar-refractivity contribution is 0.167. The van der Waals surface area contributed by atoms with Crippen molar-refractivity contribution >= 4 is 16.1 Å². The average molecular weight is 365 g/mol. The first-order chi connectivity index (χ1) is 11.7. The predicted molar refractivity (Wildman–Crippen MR) is 98.0 cm³/mol. The van der Waals surface area contributed by atoms with Crippen LogP contribution in [-0.2, 0) is 15.4 Å². The lowest BCUT2D eigenvalue weighted by Crippen LogP contribution is -2.53. The van der Waals surface area contributed by atoms with Gasteiger partial charge in [-0.05, 0) is 29.4 Å². The number of nitrogens with zero attached hydrogens (tertiary/aromatic N) is 2. The molecule has 0 aromatic heterocycles. The number of amides is 2. The van der Waals surface area contributed by atoms with Crippen LogP contribution in [0.1, 0.15) is 43.9 Å². The first kappa shape index (κ1) is 18.2. The number of rotatable bonds is 2. The summed E-state index contributed by atoms with van der Waals surface area (Å²) in [6, 6.07) is 8.23. The van der Waals surface area contributed by atoms with Gasteiger partial charge < -0.3 is 10.2 Å². The Morgan fingerprint density at radius 1 is 1.16 bits per heavy atom. The number of carbonyl (C=O) groups is 1.